The highest BCUT2D eigenvalue weighted by Gasteiger charge is 2.40. The van der Waals surface area contributed by atoms with Gasteiger partial charge in [-0.3, -0.25) is 14.2 Å². The average Bonchev–Trinajstić information content (AvgIpc) is 3.30. The standard InChI is InChI=1S/C38H36N4O5/c1-42-37(44)35-36(41-38(42)47-4)40-34(26-13-9-6-10-14-26)32(33(39-35)27-17-21-29(46-3)22-18-27)30(24-11-7-5-8-12-24)23-31(43)25-15-19-28(45-2)20-16-25/h5-22,30,32,34,40H,23H2,1-4H3/t30-,32-,34+/m0/s1. The summed E-state index contributed by atoms with van der Waals surface area (Å²) in [4.78, 5) is 37.8. The topological polar surface area (TPSA) is 104 Å². The minimum absolute atomic E-state index is 0.0279. The van der Waals surface area contributed by atoms with Crippen molar-refractivity contribution in [3.63, 3.8) is 0 Å². The zero-order valence-corrected chi connectivity index (χ0v) is 26.7. The number of nitrogens with zero attached hydrogens (tertiary/aromatic N) is 3. The monoisotopic (exact) mass is 628 g/mol. The smallest absolute Gasteiger partial charge is 0.300 e. The van der Waals surface area contributed by atoms with Crippen LogP contribution in [0.3, 0.4) is 0 Å². The number of rotatable bonds is 10. The lowest BCUT2D eigenvalue weighted by molar-refractivity contribution is 0.0967. The van der Waals surface area contributed by atoms with Gasteiger partial charge in [-0.15, -0.1) is 0 Å². The Morgan fingerprint density at radius 2 is 1.40 bits per heavy atom. The maximum absolute atomic E-state index is 14.1. The molecule has 1 N–H and O–H groups in total. The summed E-state index contributed by atoms with van der Waals surface area (Å²) in [6.45, 7) is 0. The van der Waals surface area contributed by atoms with Crippen LogP contribution in [0.4, 0.5) is 11.5 Å². The van der Waals surface area contributed by atoms with Gasteiger partial charge in [0.15, 0.2) is 17.3 Å². The molecule has 0 bridgehead atoms. The molecule has 5 aromatic rings. The van der Waals surface area contributed by atoms with E-state index < -0.39 is 12.0 Å². The minimum atomic E-state index is -0.448. The molecule has 0 fully saturated rings. The van der Waals surface area contributed by atoms with Crippen LogP contribution in [-0.4, -0.2) is 42.4 Å². The van der Waals surface area contributed by atoms with Crippen LogP contribution >= 0.6 is 0 Å². The molecule has 0 saturated carbocycles. The van der Waals surface area contributed by atoms with Crippen LogP contribution in [0.15, 0.2) is 119 Å². The Balaban J connectivity index is 1.61. The molecule has 1 aliphatic rings. The van der Waals surface area contributed by atoms with Crippen LogP contribution in [0.5, 0.6) is 17.5 Å². The van der Waals surface area contributed by atoms with Crippen molar-refractivity contribution < 1.29 is 19.0 Å². The fourth-order valence-corrected chi connectivity index (χ4v) is 6.18. The van der Waals surface area contributed by atoms with Gasteiger partial charge in [0.25, 0.3) is 5.56 Å². The molecule has 6 rings (SSSR count). The van der Waals surface area contributed by atoms with E-state index in [4.69, 9.17) is 24.2 Å². The number of carbonyl (C=O) groups is 1. The van der Waals surface area contributed by atoms with Crippen LogP contribution in [-0.2, 0) is 7.05 Å². The lowest BCUT2D eigenvalue weighted by Crippen LogP contribution is -2.34. The number of anilines is 1. The Morgan fingerprint density at radius 3 is 2.00 bits per heavy atom. The molecule has 47 heavy (non-hydrogen) atoms. The van der Waals surface area contributed by atoms with Crippen LogP contribution in [0.1, 0.15) is 45.4 Å². The molecule has 1 aromatic heterocycles. The van der Waals surface area contributed by atoms with Crippen molar-refractivity contribution in [2.75, 3.05) is 26.6 Å². The SMILES string of the molecule is COc1ccc(C(=O)C[C@@H](c2ccccc2)[C@H]2C(c3ccc(OC)cc3)=Nc3c(nc(OC)n(C)c3=O)N[C@@H]2c2ccccc2)cc1. The number of hydrogen-bond acceptors (Lipinski definition) is 8. The molecule has 238 valence electrons. The Bertz CT molecular complexity index is 1940. The van der Waals surface area contributed by atoms with Crippen LogP contribution < -0.4 is 25.1 Å². The Kier molecular flexibility index (Phi) is 9.15. The molecule has 0 amide bonds. The summed E-state index contributed by atoms with van der Waals surface area (Å²) in [5, 5.41) is 3.60. The zero-order valence-electron chi connectivity index (χ0n) is 26.7. The Morgan fingerprint density at radius 1 is 0.809 bits per heavy atom. The summed E-state index contributed by atoms with van der Waals surface area (Å²) in [6, 6.07) is 34.5. The lowest BCUT2D eigenvalue weighted by Gasteiger charge is -2.35. The van der Waals surface area contributed by atoms with E-state index in [-0.39, 0.29) is 35.4 Å². The predicted molar refractivity (Wildman–Crippen MR) is 183 cm³/mol. The van der Waals surface area contributed by atoms with E-state index in [1.807, 2.05) is 84.9 Å². The molecule has 3 atom stereocenters. The number of fused-ring (bicyclic) bond motifs is 1. The van der Waals surface area contributed by atoms with Crippen molar-refractivity contribution in [1.29, 1.82) is 0 Å². The van der Waals surface area contributed by atoms with E-state index in [2.05, 4.69) is 5.32 Å². The maximum Gasteiger partial charge on any atom is 0.300 e. The second-order valence-corrected chi connectivity index (χ2v) is 11.3. The molecule has 0 aliphatic carbocycles. The van der Waals surface area contributed by atoms with Gasteiger partial charge in [-0.2, -0.15) is 4.98 Å². The van der Waals surface area contributed by atoms with E-state index in [9.17, 15) is 9.59 Å². The fourth-order valence-electron chi connectivity index (χ4n) is 6.18. The molecule has 1 aliphatic heterocycles. The van der Waals surface area contributed by atoms with Gasteiger partial charge in [0.1, 0.15) is 11.5 Å². The molecule has 0 unspecified atom stereocenters. The van der Waals surface area contributed by atoms with E-state index in [1.54, 1.807) is 45.5 Å². The largest absolute Gasteiger partial charge is 0.497 e. The average molecular weight is 629 g/mol. The first-order valence-electron chi connectivity index (χ1n) is 15.3. The van der Waals surface area contributed by atoms with Gasteiger partial charge in [-0.1, -0.05) is 60.7 Å². The van der Waals surface area contributed by atoms with Gasteiger partial charge in [-0.05, 0) is 65.2 Å². The molecular weight excluding hydrogens is 592 g/mol. The van der Waals surface area contributed by atoms with Gasteiger partial charge < -0.3 is 19.5 Å². The zero-order chi connectivity index (χ0) is 32.9. The minimum Gasteiger partial charge on any atom is -0.497 e. The summed E-state index contributed by atoms with van der Waals surface area (Å²) < 4.78 is 17.6. The van der Waals surface area contributed by atoms with E-state index in [1.165, 1.54) is 11.7 Å². The van der Waals surface area contributed by atoms with Gasteiger partial charge in [0.05, 0.1) is 33.1 Å². The number of methoxy groups -OCH3 is 3. The van der Waals surface area contributed by atoms with Crippen LogP contribution in [0, 0.1) is 5.92 Å². The summed E-state index contributed by atoms with van der Waals surface area (Å²) in [7, 11) is 6.30. The number of ether oxygens (including phenoxy) is 3. The molecule has 0 spiro atoms. The van der Waals surface area contributed by atoms with Gasteiger partial charge >= 0.3 is 6.01 Å². The lowest BCUT2D eigenvalue weighted by atomic mass is 9.72. The van der Waals surface area contributed by atoms with Crippen molar-refractivity contribution in [2.24, 2.45) is 18.0 Å². The molecule has 4 aromatic carbocycles. The number of hydrogen-bond donors (Lipinski definition) is 1. The first-order valence-corrected chi connectivity index (χ1v) is 15.3. The maximum atomic E-state index is 14.1. The third-order valence-corrected chi connectivity index (χ3v) is 8.63. The van der Waals surface area contributed by atoms with Crippen molar-refractivity contribution >= 4 is 23.0 Å². The van der Waals surface area contributed by atoms with E-state index in [0.29, 0.717) is 28.6 Å². The number of nitrogens with one attached hydrogen (secondary N) is 1. The highest BCUT2D eigenvalue weighted by molar-refractivity contribution is 6.07. The summed E-state index contributed by atoms with van der Waals surface area (Å²) in [5.74, 6) is 0.828. The first kappa shape index (κ1) is 31.3. The number of aliphatic imine (C=N–C) groups is 1. The van der Waals surface area contributed by atoms with Crippen LogP contribution in [0.2, 0.25) is 0 Å². The Labute approximate surface area is 273 Å². The molecule has 0 radical (unpaired) electrons. The van der Waals surface area contributed by atoms with Crippen molar-refractivity contribution in [2.45, 2.75) is 18.4 Å². The summed E-state index contributed by atoms with van der Waals surface area (Å²) >= 11 is 0. The normalized spacial score (nSPS) is 16.1. The third-order valence-electron chi connectivity index (χ3n) is 8.63. The van der Waals surface area contributed by atoms with Crippen molar-refractivity contribution in [3.8, 4) is 17.5 Å². The predicted octanol–water partition coefficient (Wildman–Crippen LogP) is 6.77. The van der Waals surface area contributed by atoms with Gasteiger partial charge in [0, 0.05) is 30.9 Å². The molecule has 0 saturated heterocycles. The molecule has 9 heteroatoms. The number of carbonyl (C=O) groups excluding carboxylic acids is 1. The number of Topliss-reactive ketones (excluding diaryl/α,β-unsaturated/α-hetero) is 1. The summed E-state index contributed by atoms with van der Waals surface area (Å²) in [6.07, 6.45) is 0.173. The number of benzene rings is 4. The Hall–Kier alpha value is -5.70. The van der Waals surface area contributed by atoms with E-state index in [0.717, 1.165) is 16.7 Å². The number of aromatic nitrogens is 2. The number of ketones is 1. The molecule has 2 heterocycles. The van der Waals surface area contributed by atoms with Crippen molar-refractivity contribution in [3.05, 3.63) is 142 Å². The second kappa shape index (κ2) is 13.7. The third kappa shape index (κ3) is 6.37. The summed E-state index contributed by atoms with van der Waals surface area (Å²) in [5.41, 5.74) is 3.74. The van der Waals surface area contributed by atoms with Gasteiger partial charge in [-0.25, -0.2) is 4.99 Å². The highest BCUT2D eigenvalue weighted by Crippen LogP contribution is 2.45. The van der Waals surface area contributed by atoms with E-state index >= 15 is 0 Å². The first-order chi connectivity index (χ1) is 22.9. The fraction of sp³-hybridized carbons (Fsp3) is 0.211. The van der Waals surface area contributed by atoms with Crippen LogP contribution in [0.25, 0.3) is 0 Å². The van der Waals surface area contributed by atoms with Gasteiger partial charge in [0.2, 0.25) is 0 Å². The quantitative estimate of drug-likeness (QED) is 0.170. The molecule has 9 nitrogen and oxygen atoms in total. The highest BCUT2D eigenvalue weighted by atomic mass is 16.5. The molecular formula is C38H36N4O5. The second-order valence-electron chi connectivity index (χ2n) is 11.3. The van der Waals surface area contributed by atoms with Crippen molar-refractivity contribution in [1.82, 2.24) is 9.55 Å².